The van der Waals surface area contributed by atoms with Gasteiger partial charge in [-0.2, -0.15) is 13.2 Å². The van der Waals surface area contributed by atoms with Gasteiger partial charge >= 0.3 is 12.1 Å². The second kappa shape index (κ2) is 10.5. The van der Waals surface area contributed by atoms with E-state index in [0.29, 0.717) is 24.8 Å². The Labute approximate surface area is 215 Å². The lowest BCUT2D eigenvalue weighted by atomic mass is 9.92. The zero-order chi connectivity index (χ0) is 27.8. The number of rotatable bonds is 7. The van der Waals surface area contributed by atoms with E-state index in [1.807, 2.05) is 38.8 Å². The highest BCUT2D eigenvalue weighted by molar-refractivity contribution is 6.12. The number of carboxylic acid groups (broad SMARTS) is 1. The average Bonchev–Trinajstić information content (AvgIpc) is 3.40. The van der Waals surface area contributed by atoms with Crippen molar-refractivity contribution >= 4 is 17.6 Å². The van der Waals surface area contributed by atoms with E-state index < -0.39 is 29.0 Å². The molecule has 0 aromatic heterocycles. The van der Waals surface area contributed by atoms with Crippen LogP contribution >= 0.6 is 0 Å². The monoisotopic (exact) mass is 524 g/mol. The molecule has 1 amide bonds. The minimum Gasteiger partial charge on any atom is -0.492 e. The molecular weight excluding hydrogens is 489 g/mol. The lowest BCUT2D eigenvalue weighted by Gasteiger charge is -2.33. The molecular formula is C27H35F3N2O5. The predicted octanol–water partition coefficient (Wildman–Crippen LogP) is 5.59. The van der Waals surface area contributed by atoms with Crippen LogP contribution in [0.1, 0.15) is 69.8 Å². The van der Waals surface area contributed by atoms with Crippen molar-refractivity contribution in [1.29, 1.82) is 0 Å². The molecule has 0 saturated carbocycles. The Bertz CT molecular complexity index is 1100. The Hall–Kier alpha value is -2.88. The third kappa shape index (κ3) is 6.71. The molecule has 1 saturated heterocycles. The smallest absolute Gasteiger partial charge is 0.416 e. The number of carbonyl (C=O) groups is 2. The Balaban J connectivity index is 2.02. The molecule has 37 heavy (non-hydrogen) atoms. The van der Waals surface area contributed by atoms with Gasteiger partial charge in [-0.25, -0.2) is 4.99 Å². The van der Waals surface area contributed by atoms with Crippen LogP contribution in [-0.4, -0.2) is 60.0 Å². The number of halogens is 3. The van der Waals surface area contributed by atoms with Gasteiger partial charge in [-0.1, -0.05) is 20.8 Å². The van der Waals surface area contributed by atoms with Crippen molar-refractivity contribution in [2.75, 3.05) is 20.3 Å². The van der Waals surface area contributed by atoms with E-state index in [1.165, 1.54) is 13.8 Å². The van der Waals surface area contributed by atoms with E-state index in [-0.39, 0.29) is 35.5 Å². The fourth-order valence-corrected chi connectivity index (χ4v) is 4.41. The molecule has 0 aliphatic carbocycles. The highest BCUT2D eigenvalue weighted by Gasteiger charge is 2.38. The highest BCUT2D eigenvalue weighted by Crippen LogP contribution is 2.37. The number of aliphatic carboxylic acids is 1. The van der Waals surface area contributed by atoms with Crippen molar-refractivity contribution in [3.63, 3.8) is 0 Å². The number of aliphatic imine (C=N–C) groups is 1. The molecule has 1 aromatic rings. The average molecular weight is 525 g/mol. The van der Waals surface area contributed by atoms with Crippen LogP contribution in [0.25, 0.3) is 0 Å². The van der Waals surface area contributed by atoms with Crippen LogP contribution in [-0.2, 0) is 15.7 Å². The molecule has 204 valence electrons. The van der Waals surface area contributed by atoms with Crippen LogP contribution in [0.4, 0.5) is 13.2 Å². The van der Waals surface area contributed by atoms with Crippen molar-refractivity contribution in [2.45, 2.75) is 72.2 Å². The van der Waals surface area contributed by atoms with E-state index in [1.54, 1.807) is 0 Å². The molecule has 1 N–H and O–H groups in total. The molecule has 0 radical (unpaired) electrons. The lowest BCUT2D eigenvalue weighted by molar-refractivity contribution is -0.148. The summed E-state index contributed by atoms with van der Waals surface area (Å²) in [6.07, 6.45) is -0.427. The van der Waals surface area contributed by atoms with Crippen LogP contribution in [0.5, 0.6) is 5.75 Å². The van der Waals surface area contributed by atoms with Gasteiger partial charge in [0, 0.05) is 24.8 Å². The van der Waals surface area contributed by atoms with Gasteiger partial charge in [0.1, 0.15) is 12.4 Å². The summed E-state index contributed by atoms with van der Waals surface area (Å²) in [5, 5.41) is 9.36. The quantitative estimate of drug-likeness (QED) is 0.500. The molecule has 1 fully saturated rings. The number of alkyl halides is 3. The van der Waals surface area contributed by atoms with Gasteiger partial charge in [-0.05, 0) is 57.4 Å². The molecule has 0 spiro atoms. The summed E-state index contributed by atoms with van der Waals surface area (Å²) in [6.45, 7) is 9.27. The van der Waals surface area contributed by atoms with Crippen LogP contribution in [0.3, 0.4) is 0 Å². The molecule has 10 heteroatoms. The van der Waals surface area contributed by atoms with Crippen LogP contribution in [0, 0.1) is 10.8 Å². The van der Waals surface area contributed by atoms with Gasteiger partial charge in [0.05, 0.1) is 34.4 Å². The Morgan fingerprint density at radius 3 is 2.41 bits per heavy atom. The zero-order valence-corrected chi connectivity index (χ0v) is 22.1. The van der Waals surface area contributed by atoms with Crippen molar-refractivity contribution in [3.8, 4) is 5.75 Å². The molecule has 7 nitrogen and oxygen atoms in total. The molecule has 1 aromatic carbocycles. The number of hydrogen-bond acceptors (Lipinski definition) is 5. The zero-order valence-electron chi connectivity index (χ0n) is 22.1. The minimum atomic E-state index is -4.68. The maximum atomic E-state index is 13.5. The summed E-state index contributed by atoms with van der Waals surface area (Å²) in [7, 11) is 1.91. The van der Waals surface area contributed by atoms with E-state index in [0.717, 1.165) is 30.7 Å². The summed E-state index contributed by atoms with van der Waals surface area (Å²) in [4.78, 5) is 31.2. The summed E-state index contributed by atoms with van der Waals surface area (Å²) in [5.74, 6) is -2.18. The van der Waals surface area contributed by atoms with Crippen LogP contribution in [0.15, 0.2) is 35.0 Å². The van der Waals surface area contributed by atoms with Gasteiger partial charge in [-0.3, -0.25) is 9.59 Å². The highest BCUT2D eigenvalue weighted by atomic mass is 19.4. The molecule has 2 heterocycles. The third-order valence-electron chi connectivity index (χ3n) is 6.69. The van der Waals surface area contributed by atoms with Crippen molar-refractivity contribution in [1.82, 2.24) is 4.90 Å². The third-order valence-corrected chi connectivity index (χ3v) is 6.69. The Morgan fingerprint density at radius 1 is 1.19 bits per heavy atom. The molecule has 2 atom stereocenters. The van der Waals surface area contributed by atoms with Gasteiger partial charge < -0.3 is 19.5 Å². The lowest BCUT2D eigenvalue weighted by Crippen LogP contribution is -2.37. The first-order chi connectivity index (χ1) is 17.0. The summed E-state index contributed by atoms with van der Waals surface area (Å²) in [6, 6.07) is 2.27. The number of carbonyl (C=O) groups excluding carboxylic acids is 1. The molecule has 2 aliphatic heterocycles. The van der Waals surface area contributed by atoms with Gasteiger partial charge in [0.2, 0.25) is 0 Å². The maximum Gasteiger partial charge on any atom is 0.416 e. The minimum absolute atomic E-state index is 0.00571. The van der Waals surface area contributed by atoms with Crippen LogP contribution in [0.2, 0.25) is 0 Å². The number of amides is 1. The normalized spacial score (nSPS) is 21.9. The number of allylic oxidation sites excluding steroid dienone is 1. The molecule has 2 aliphatic rings. The summed E-state index contributed by atoms with van der Waals surface area (Å²) < 4.78 is 51.8. The molecule has 0 bridgehead atoms. The second-order valence-electron chi connectivity index (χ2n) is 11.3. The van der Waals surface area contributed by atoms with Gasteiger partial charge in [0.25, 0.3) is 5.91 Å². The predicted molar refractivity (Wildman–Crippen MR) is 133 cm³/mol. The van der Waals surface area contributed by atoms with E-state index in [4.69, 9.17) is 9.47 Å². The number of carboxylic acids is 1. The first kappa shape index (κ1) is 28.7. The number of nitrogens with zero attached hydrogens (tertiary/aromatic N) is 2. The summed E-state index contributed by atoms with van der Waals surface area (Å²) in [5.41, 5.74) is -1.57. The standard InChI is InChI=1S/C27H35F3N2O5/c1-25(2,3)22-14-19(20(32(22)6)13-17-8-7-11-36-17)31-23(33)18-12-16(27(28,29)30)9-10-21(18)37-15-26(4,5)24(34)35/h9-10,12,14,17,20H,7-8,11,13,15H2,1-6H3,(H,34,35)/t17-,20?/m1/s1. The number of benzene rings is 1. The SMILES string of the molecule is CN1C(C(C)(C)C)=CC(=NC(=O)c2cc(C(F)(F)F)ccc2OCC(C)(C)C(=O)O)C1C[C@H]1CCCO1. The van der Waals surface area contributed by atoms with E-state index >= 15 is 0 Å². The topological polar surface area (TPSA) is 88.4 Å². The Morgan fingerprint density at radius 2 is 1.86 bits per heavy atom. The van der Waals surface area contributed by atoms with Crippen molar-refractivity contribution in [3.05, 3.63) is 41.1 Å². The molecule has 1 unspecified atom stereocenters. The second-order valence-corrected chi connectivity index (χ2v) is 11.3. The largest absolute Gasteiger partial charge is 0.492 e. The Kier molecular flexibility index (Phi) is 8.12. The first-order valence-corrected chi connectivity index (χ1v) is 12.3. The van der Waals surface area contributed by atoms with E-state index in [9.17, 15) is 27.9 Å². The van der Waals surface area contributed by atoms with Crippen molar-refractivity contribution in [2.24, 2.45) is 15.8 Å². The fourth-order valence-electron chi connectivity index (χ4n) is 4.41. The fraction of sp³-hybridized carbons (Fsp3) is 0.593. The number of ether oxygens (including phenoxy) is 2. The van der Waals surface area contributed by atoms with Crippen LogP contribution < -0.4 is 4.74 Å². The van der Waals surface area contributed by atoms with Crippen molar-refractivity contribution < 1.29 is 37.3 Å². The van der Waals surface area contributed by atoms with Gasteiger partial charge in [0.15, 0.2) is 0 Å². The number of hydrogen-bond donors (Lipinski definition) is 1. The maximum absolute atomic E-state index is 13.5. The first-order valence-electron chi connectivity index (χ1n) is 12.3. The van der Waals surface area contributed by atoms with Gasteiger partial charge in [-0.15, -0.1) is 0 Å². The molecule has 3 rings (SSSR count). The summed E-state index contributed by atoms with van der Waals surface area (Å²) >= 11 is 0. The van der Waals surface area contributed by atoms with E-state index in [2.05, 4.69) is 4.99 Å².